The Hall–Kier alpha value is -3.41. The van der Waals surface area contributed by atoms with Crippen molar-refractivity contribution in [3.63, 3.8) is 0 Å². The molecule has 2 aromatic carbocycles. The Labute approximate surface area is 139 Å². The van der Waals surface area contributed by atoms with Crippen molar-refractivity contribution in [1.29, 1.82) is 0 Å². The maximum absolute atomic E-state index is 5.18. The van der Waals surface area contributed by atoms with E-state index < -0.39 is 0 Å². The first kappa shape index (κ1) is 14.2. The minimum atomic E-state index is 0.710. The maximum atomic E-state index is 5.18. The highest BCUT2D eigenvalue weighted by atomic mass is 16.5. The zero-order valence-corrected chi connectivity index (χ0v) is 13.1. The largest absolute Gasteiger partial charge is 0.497 e. The smallest absolute Gasteiger partial charge is 0.181 e. The van der Waals surface area contributed by atoms with Crippen molar-refractivity contribution in [2.45, 2.75) is 0 Å². The summed E-state index contributed by atoms with van der Waals surface area (Å²) in [4.78, 5) is 4.44. The SMILES string of the molecule is COc1ccc(-n2cc(-n3ccnc3-c3ccccc3)nn2)cc1. The lowest BCUT2D eigenvalue weighted by Gasteiger charge is -2.04. The average Bonchev–Trinajstić information content (AvgIpc) is 3.32. The number of hydrogen-bond donors (Lipinski definition) is 0. The fourth-order valence-electron chi connectivity index (χ4n) is 2.52. The summed E-state index contributed by atoms with van der Waals surface area (Å²) in [5, 5.41) is 8.48. The van der Waals surface area contributed by atoms with Crippen molar-refractivity contribution in [3.05, 3.63) is 73.2 Å². The number of ether oxygens (including phenoxy) is 1. The van der Waals surface area contributed by atoms with E-state index in [1.165, 1.54) is 0 Å². The van der Waals surface area contributed by atoms with Gasteiger partial charge in [-0.15, -0.1) is 5.10 Å². The molecular weight excluding hydrogens is 302 g/mol. The molecule has 6 nitrogen and oxygen atoms in total. The summed E-state index contributed by atoms with van der Waals surface area (Å²) in [7, 11) is 1.65. The van der Waals surface area contributed by atoms with Crippen LogP contribution in [0.3, 0.4) is 0 Å². The van der Waals surface area contributed by atoms with Crippen molar-refractivity contribution < 1.29 is 4.74 Å². The predicted octanol–water partition coefficient (Wildman–Crippen LogP) is 3.13. The quantitative estimate of drug-likeness (QED) is 0.580. The van der Waals surface area contributed by atoms with Gasteiger partial charge in [0.25, 0.3) is 0 Å². The summed E-state index contributed by atoms with van der Waals surface area (Å²) in [6, 6.07) is 17.7. The highest BCUT2D eigenvalue weighted by molar-refractivity contribution is 5.57. The van der Waals surface area contributed by atoms with Crippen LogP contribution in [0.2, 0.25) is 0 Å². The highest BCUT2D eigenvalue weighted by Crippen LogP contribution is 2.21. The van der Waals surface area contributed by atoms with Crippen LogP contribution in [-0.2, 0) is 0 Å². The first-order valence-corrected chi connectivity index (χ1v) is 7.51. The van der Waals surface area contributed by atoms with Crippen LogP contribution < -0.4 is 4.74 Å². The zero-order chi connectivity index (χ0) is 16.4. The van der Waals surface area contributed by atoms with E-state index >= 15 is 0 Å². The van der Waals surface area contributed by atoms with Gasteiger partial charge >= 0.3 is 0 Å². The number of hydrogen-bond acceptors (Lipinski definition) is 4. The molecule has 0 radical (unpaired) electrons. The van der Waals surface area contributed by atoms with Crippen LogP contribution >= 0.6 is 0 Å². The van der Waals surface area contributed by atoms with Gasteiger partial charge in [0.15, 0.2) is 5.82 Å². The van der Waals surface area contributed by atoms with Crippen LogP contribution in [0.15, 0.2) is 73.2 Å². The van der Waals surface area contributed by atoms with E-state index in [9.17, 15) is 0 Å². The zero-order valence-electron chi connectivity index (χ0n) is 13.1. The first-order valence-electron chi connectivity index (χ1n) is 7.51. The average molecular weight is 317 g/mol. The molecule has 4 rings (SSSR count). The number of methoxy groups -OCH3 is 1. The maximum Gasteiger partial charge on any atom is 0.181 e. The molecular formula is C18H15N5O. The standard InChI is InChI=1S/C18H15N5O/c1-24-16-9-7-15(8-10-16)23-13-17(20-21-23)22-12-11-19-18(22)14-5-3-2-4-6-14/h2-13H,1H3. The van der Waals surface area contributed by atoms with Gasteiger partial charge in [-0.2, -0.15) is 0 Å². The third-order valence-electron chi connectivity index (χ3n) is 3.74. The van der Waals surface area contributed by atoms with Crippen molar-refractivity contribution in [3.8, 4) is 28.6 Å². The topological polar surface area (TPSA) is 57.8 Å². The number of aromatic nitrogens is 5. The fraction of sp³-hybridized carbons (Fsp3) is 0.0556. The van der Waals surface area contributed by atoms with Crippen LogP contribution in [0.1, 0.15) is 0 Å². The van der Waals surface area contributed by atoms with Gasteiger partial charge in [0.2, 0.25) is 0 Å². The van der Waals surface area contributed by atoms with Gasteiger partial charge in [0.05, 0.1) is 19.0 Å². The number of nitrogens with zero attached hydrogens (tertiary/aromatic N) is 5. The lowest BCUT2D eigenvalue weighted by Crippen LogP contribution is -1.96. The summed E-state index contributed by atoms with van der Waals surface area (Å²) in [5.41, 5.74) is 1.94. The molecule has 0 fully saturated rings. The van der Waals surface area contributed by atoms with Crippen molar-refractivity contribution in [2.24, 2.45) is 0 Å². The van der Waals surface area contributed by atoms with E-state index in [1.807, 2.05) is 71.6 Å². The number of rotatable bonds is 4. The molecule has 4 aromatic rings. The van der Waals surface area contributed by atoms with Crippen LogP contribution in [0, 0.1) is 0 Å². The van der Waals surface area contributed by atoms with Crippen LogP contribution in [-0.4, -0.2) is 31.7 Å². The minimum absolute atomic E-state index is 0.710. The summed E-state index contributed by atoms with van der Waals surface area (Å²) >= 11 is 0. The van der Waals surface area contributed by atoms with E-state index in [-0.39, 0.29) is 0 Å². The van der Waals surface area contributed by atoms with E-state index in [0.717, 1.165) is 22.8 Å². The molecule has 6 heteroatoms. The lowest BCUT2D eigenvalue weighted by atomic mass is 10.2. The molecule has 0 saturated heterocycles. The van der Waals surface area contributed by atoms with Gasteiger partial charge in [0, 0.05) is 18.0 Å². The Kier molecular flexibility index (Phi) is 3.55. The number of imidazole rings is 1. The van der Waals surface area contributed by atoms with E-state index in [2.05, 4.69) is 15.3 Å². The monoisotopic (exact) mass is 317 g/mol. The Morgan fingerprint density at radius 1 is 0.958 bits per heavy atom. The van der Waals surface area contributed by atoms with Gasteiger partial charge in [-0.05, 0) is 24.3 Å². The Balaban J connectivity index is 1.70. The Morgan fingerprint density at radius 3 is 2.50 bits per heavy atom. The molecule has 24 heavy (non-hydrogen) atoms. The summed E-state index contributed by atoms with van der Waals surface area (Å²) in [6.07, 6.45) is 5.51. The minimum Gasteiger partial charge on any atom is -0.497 e. The molecule has 0 aliphatic rings. The van der Waals surface area contributed by atoms with Gasteiger partial charge < -0.3 is 4.74 Å². The molecule has 0 bridgehead atoms. The molecule has 0 N–H and O–H groups in total. The van der Waals surface area contributed by atoms with E-state index in [4.69, 9.17) is 4.74 Å². The molecule has 0 saturated carbocycles. The van der Waals surface area contributed by atoms with Gasteiger partial charge in [-0.3, -0.25) is 4.57 Å². The van der Waals surface area contributed by atoms with Crippen molar-refractivity contribution in [2.75, 3.05) is 7.11 Å². The molecule has 0 amide bonds. The second-order valence-electron chi connectivity index (χ2n) is 5.21. The molecule has 0 aliphatic heterocycles. The van der Waals surface area contributed by atoms with Crippen LogP contribution in [0.25, 0.3) is 22.9 Å². The Bertz CT molecular complexity index is 941. The lowest BCUT2D eigenvalue weighted by molar-refractivity contribution is 0.414. The van der Waals surface area contributed by atoms with E-state index in [0.29, 0.717) is 5.82 Å². The molecule has 2 aromatic heterocycles. The molecule has 0 spiro atoms. The van der Waals surface area contributed by atoms with Crippen molar-refractivity contribution >= 4 is 0 Å². The van der Waals surface area contributed by atoms with Gasteiger partial charge in [0.1, 0.15) is 11.6 Å². The molecule has 118 valence electrons. The van der Waals surface area contributed by atoms with Gasteiger partial charge in [-0.1, -0.05) is 35.5 Å². The van der Waals surface area contributed by atoms with E-state index in [1.54, 1.807) is 18.0 Å². The summed E-state index contributed by atoms with van der Waals surface area (Å²) < 4.78 is 8.82. The molecule has 0 unspecified atom stereocenters. The summed E-state index contributed by atoms with van der Waals surface area (Å²) in [5.74, 6) is 2.35. The van der Waals surface area contributed by atoms with Gasteiger partial charge in [-0.25, -0.2) is 9.67 Å². The van der Waals surface area contributed by atoms with Crippen molar-refractivity contribution in [1.82, 2.24) is 24.5 Å². The van der Waals surface area contributed by atoms with Crippen LogP contribution in [0.5, 0.6) is 5.75 Å². The number of benzene rings is 2. The predicted molar refractivity (Wildman–Crippen MR) is 90.5 cm³/mol. The highest BCUT2D eigenvalue weighted by Gasteiger charge is 2.11. The third kappa shape index (κ3) is 2.54. The summed E-state index contributed by atoms with van der Waals surface area (Å²) in [6.45, 7) is 0. The van der Waals surface area contributed by atoms with Crippen LogP contribution in [0.4, 0.5) is 0 Å². The molecule has 2 heterocycles. The molecule has 0 atom stereocenters. The second kappa shape index (κ2) is 6.00. The molecule has 0 aliphatic carbocycles. The Morgan fingerprint density at radius 2 is 1.75 bits per heavy atom. The normalized spacial score (nSPS) is 10.7. The fourth-order valence-corrected chi connectivity index (χ4v) is 2.52. The first-order chi connectivity index (χ1) is 11.8. The second-order valence-corrected chi connectivity index (χ2v) is 5.21. The third-order valence-corrected chi connectivity index (χ3v) is 3.74.